The molecule has 2 nitrogen and oxygen atoms in total. The summed E-state index contributed by atoms with van der Waals surface area (Å²) in [7, 11) is 0. The summed E-state index contributed by atoms with van der Waals surface area (Å²) in [4.78, 5) is 2.45. The van der Waals surface area contributed by atoms with E-state index in [1.165, 1.54) is 110 Å². The third-order valence-electron chi connectivity index (χ3n) is 14.3. The van der Waals surface area contributed by atoms with Crippen LogP contribution in [0.25, 0.3) is 93.9 Å². The monoisotopic (exact) mass is 862 g/mol. The van der Waals surface area contributed by atoms with E-state index in [1.54, 1.807) is 0 Å². The lowest BCUT2D eigenvalue weighted by Gasteiger charge is -2.27. The second-order valence-electron chi connectivity index (χ2n) is 18.0. The SMILES string of the molecule is c1ccc(-c2cccc(-c3ccc(N(c4ccc5c(c4)C(=C4c6ccccc6-c6ccccc64)c4ccccc4-5)c4ccc5c(c4)c4ccccc4n5-c4ccc5ccccc5c4)cc3)c2)cc1. The maximum Gasteiger partial charge on any atom is 0.0542 e. The van der Waals surface area contributed by atoms with Crippen molar-refractivity contribution in [2.45, 2.75) is 0 Å². The van der Waals surface area contributed by atoms with Crippen molar-refractivity contribution in [2.24, 2.45) is 0 Å². The first kappa shape index (κ1) is 38.3. The summed E-state index contributed by atoms with van der Waals surface area (Å²) in [6, 6.07) is 93.8. The van der Waals surface area contributed by atoms with Crippen LogP contribution in [0.4, 0.5) is 17.1 Å². The van der Waals surface area contributed by atoms with Gasteiger partial charge in [-0.3, -0.25) is 0 Å². The number of hydrogen-bond donors (Lipinski definition) is 0. The van der Waals surface area contributed by atoms with Gasteiger partial charge in [-0.2, -0.15) is 0 Å². The van der Waals surface area contributed by atoms with E-state index >= 15 is 0 Å². The van der Waals surface area contributed by atoms with Gasteiger partial charge in [0.1, 0.15) is 0 Å². The van der Waals surface area contributed by atoms with Crippen molar-refractivity contribution in [3.8, 4) is 50.2 Å². The molecule has 316 valence electrons. The van der Waals surface area contributed by atoms with E-state index < -0.39 is 0 Å². The summed E-state index contributed by atoms with van der Waals surface area (Å²) >= 11 is 0. The molecular weight excluding hydrogens is 821 g/mol. The Morgan fingerprint density at radius 3 is 1.46 bits per heavy atom. The lowest BCUT2D eigenvalue weighted by atomic mass is 9.91. The van der Waals surface area contributed by atoms with E-state index in [0.29, 0.717) is 0 Å². The van der Waals surface area contributed by atoms with E-state index in [0.717, 1.165) is 22.7 Å². The van der Waals surface area contributed by atoms with Crippen LogP contribution in [0.15, 0.2) is 255 Å². The fraction of sp³-hybridized carbons (Fsp3) is 0. The lowest BCUT2D eigenvalue weighted by molar-refractivity contribution is 1.18. The molecule has 0 saturated heterocycles. The van der Waals surface area contributed by atoms with Gasteiger partial charge in [0, 0.05) is 33.5 Å². The molecule has 1 aromatic heterocycles. The Morgan fingerprint density at radius 1 is 0.250 bits per heavy atom. The van der Waals surface area contributed by atoms with Crippen molar-refractivity contribution in [1.82, 2.24) is 4.57 Å². The third kappa shape index (κ3) is 5.98. The van der Waals surface area contributed by atoms with E-state index in [4.69, 9.17) is 0 Å². The number of hydrogen-bond acceptors (Lipinski definition) is 1. The van der Waals surface area contributed by atoms with Gasteiger partial charge in [-0.25, -0.2) is 0 Å². The number of rotatable bonds is 6. The Labute approximate surface area is 395 Å². The minimum Gasteiger partial charge on any atom is -0.310 e. The number of fused-ring (bicyclic) bond motifs is 10. The predicted molar refractivity (Wildman–Crippen MR) is 286 cm³/mol. The summed E-state index contributed by atoms with van der Waals surface area (Å²) < 4.78 is 2.42. The predicted octanol–water partition coefficient (Wildman–Crippen LogP) is 17.7. The second kappa shape index (κ2) is 15.3. The Hall–Kier alpha value is -8.98. The van der Waals surface area contributed by atoms with Crippen molar-refractivity contribution < 1.29 is 0 Å². The molecule has 12 aromatic rings. The molecule has 0 aliphatic heterocycles. The summed E-state index contributed by atoms with van der Waals surface area (Å²) in [5.74, 6) is 0. The molecule has 2 heteroatoms. The Balaban J connectivity index is 0.973. The van der Waals surface area contributed by atoms with Gasteiger partial charge in [0.2, 0.25) is 0 Å². The number of para-hydroxylation sites is 1. The molecule has 0 amide bonds. The molecule has 0 unspecified atom stereocenters. The average molecular weight is 863 g/mol. The van der Waals surface area contributed by atoms with Crippen LogP contribution in [0.3, 0.4) is 0 Å². The molecule has 0 atom stereocenters. The van der Waals surface area contributed by atoms with Crippen LogP contribution in [-0.4, -0.2) is 4.57 Å². The van der Waals surface area contributed by atoms with Crippen LogP contribution >= 0.6 is 0 Å². The van der Waals surface area contributed by atoms with Crippen LogP contribution in [0, 0.1) is 0 Å². The van der Waals surface area contributed by atoms with Gasteiger partial charge in [0.15, 0.2) is 0 Å². The highest BCUT2D eigenvalue weighted by atomic mass is 15.1. The van der Waals surface area contributed by atoms with Gasteiger partial charge in [0.25, 0.3) is 0 Å². The molecule has 2 aliphatic carbocycles. The fourth-order valence-electron chi connectivity index (χ4n) is 11.2. The highest BCUT2D eigenvalue weighted by molar-refractivity contribution is 6.19. The highest BCUT2D eigenvalue weighted by Gasteiger charge is 2.33. The molecular formula is C66H42N2. The van der Waals surface area contributed by atoms with Crippen molar-refractivity contribution in [1.29, 1.82) is 0 Å². The fourth-order valence-corrected chi connectivity index (χ4v) is 11.2. The van der Waals surface area contributed by atoms with Crippen LogP contribution in [0.2, 0.25) is 0 Å². The zero-order valence-electron chi connectivity index (χ0n) is 37.1. The molecule has 0 saturated carbocycles. The molecule has 0 bridgehead atoms. The number of benzene rings is 11. The minimum absolute atomic E-state index is 1.09. The second-order valence-corrected chi connectivity index (χ2v) is 18.0. The number of nitrogens with zero attached hydrogens (tertiary/aromatic N) is 2. The van der Waals surface area contributed by atoms with Crippen molar-refractivity contribution >= 4 is 60.8 Å². The molecule has 0 fully saturated rings. The van der Waals surface area contributed by atoms with E-state index in [1.807, 2.05) is 0 Å². The van der Waals surface area contributed by atoms with Crippen LogP contribution in [-0.2, 0) is 0 Å². The van der Waals surface area contributed by atoms with Gasteiger partial charge in [0.05, 0.1) is 11.0 Å². The molecule has 11 aromatic carbocycles. The standard InChI is InChI=1S/C66H42N2/c1-2-15-43(16-3-1)46-19-14-20-47(39-46)45-29-32-49(33-30-45)67(52-36-38-64-61(41-52)57-24-12-13-28-63(57)68(64)50-34-31-44-17-4-5-18-48(44)40-50)51-35-37-56-55-23-8-11-27-60(55)66(62(56)42-51)65-58-25-9-6-21-53(58)54-22-7-10-26-59(54)65/h1-42H. The van der Waals surface area contributed by atoms with Gasteiger partial charge >= 0.3 is 0 Å². The van der Waals surface area contributed by atoms with E-state index in [2.05, 4.69) is 264 Å². The first-order valence-corrected chi connectivity index (χ1v) is 23.5. The minimum atomic E-state index is 1.09. The van der Waals surface area contributed by atoms with Crippen LogP contribution in [0.5, 0.6) is 0 Å². The van der Waals surface area contributed by atoms with E-state index in [9.17, 15) is 0 Å². The van der Waals surface area contributed by atoms with Gasteiger partial charge in [-0.05, 0) is 155 Å². The summed E-state index contributed by atoms with van der Waals surface area (Å²) in [6.45, 7) is 0. The number of aromatic nitrogens is 1. The quantitative estimate of drug-likeness (QED) is 0.162. The van der Waals surface area contributed by atoms with Crippen molar-refractivity contribution in [2.75, 3.05) is 4.90 Å². The molecule has 14 rings (SSSR count). The average Bonchev–Trinajstić information content (AvgIpc) is 4.04. The zero-order chi connectivity index (χ0) is 44.7. The molecule has 0 N–H and O–H groups in total. The molecule has 1 heterocycles. The van der Waals surface area contributed by atoms with Gasteiger partial charge < -0.3 is 9.47 Å². The Kier molecular flexibility index (Phi) is 8.62. The Bertz CT molecular complexity index is 3970. The first-order valence-electron chi connectivity index (χ1n) is 23.5. The molecule has 0 radical (unpaired) electrons. The zero-order valence-corrected chi connectivity index (χ0v) is 37.1. The molecule has 2 aliphatic rings. The third-order valence-corrected chi connectivity index (χ3v) is 14.3. The summed E-state index contributed by atoms with van der Waals surface area (Å²) in [5.41, 5.74) is 24.4. The topological polar surface area (TPSA) is 8.17 Å². The first-order chi connectivity index (χ1) is 33.7. The van der Waals surface area contributed by atoms with E-state index in [-0.39, 0.29) is 0 Å². The molecule has 68 heavy (non-hydrogen) atoms. The van der Waals surface area contributed by atoms with Gasteiger partial charge in [-0.1, -0.05) is 188 Å². The van der Waals surface area contributed by atoms with Gasteiger partial charge in [-0.15, -0.1) is 0 Å². The largest absolute Gasteiger partial charge is 0.310 e. The number of anilines is 3. The smallest absolute Gasteiger partial charge is 0.0542 e. The highest BCUT2D eigenvalue weighted by Crippen LogP contribution is 2.55. The normalized spacial score (nSPS) is 12.4. The van der Waals surface area contributed by atoms with Crippen LogP contribution in [0.1, 0.15) is 22.3 Å². The maximum atomic E-state index is 2.45. The maximum absolute atomic E-state index is 2.45. The van der Waals surface area contributed by atoms with Crippen molar-refractivity contribution in [3.63, 3.8) is 0 Å². The van der Waals surface area contributed by atoms with Crippen LogP contribution < -0.4 is 4.90 Å². The lowest BCUT2D eigenvalue weighted by Crippen LogP contribution is -2.10. The summed E-state index contributed by atoms with van der Waals surface area (Å²) in [5, 5.41) is 4.90. The Morgan fingerprint density at radius 2 is 0.750 bits per heavy atom. The molecule has 0 spiro atoms. The summed E-state index contributed by atoms with van der Waals surface area (Å²) in [6.07, 6.45) is 0. The van der Waals surface area contributed by atoms with Crippen molar-refractivity contribution in [3.05, 3.63) is 277 Å².